The Morgan fingerprint density at radius 1 is 0.596 bits per heavy atom. The molecule has 8 nitrogen and oxygen atoms in total. The molecule has 0 radical (unpaired) electrons. The third-order valence-electron chi connectivity index (χ3n) is 7.80. The molecule has 0 aliphatic carbocycles. The summed E-state index contributed by atoms with van der Waals surface area (Å²) in [5.41, 5.74) is 0. The molecule has 2 atom stereocenters. The van der Waals surface area contributed by atoms with Crippen molar-refractivity contribution in [2.75, 3.05) is 39.6 Å². The van der Waals surface area contributed by atoms with E-state index in [2.05, 4.69) is 13.8 Å². The monoisotopic (exact) mass is 672 g/mol. The van der Waals surface area contributed by atoms with Gasteiger partial charge < -0.3 is 28.4 Å². The van der Waals surface area contributed by atoms with Crippen molar-refractivity contribution in [2.24, 2.45) is 0 Å². The smallest absolute Gasteiger partial charge is 0.306 e. The standard InChI is InChI=1S/C38H53ClO8/c1-5-9-11-13-19-35(40)46-29(24-42-7-3)26-44-37-31-17-15-16-18-32(31)38(34-23-28(39)21-22-33(34)37)45-27-30(25-43-8-4)47-36(41)20-14-12-10-6-2/h15-18,21-23,29-30H,5-14,19-20,24-27H2,1-4H3. The molecule has 0 saturated carbocycles. The number of carbonyl (C=O) groups is 2. The van der Waals surface area contributed by atoms with Crippen LogP contribution in [0.25, 0.3) is 21.5 Å². The maximum Gasteiger partial charge on any atom is 0.306 e. The van der Waals surface area contributed by atoms with E-state index in [0.29, 0.717) is 42.6 Å². The summed E-state index contributed by atoms with van der Waals surface area (Å²) in [5.74, 6) is 0.738. The fourth-order valence-electron chi connectivity index (χ4n) is 5.35. The van der Waals surface area contributed by atoms with E-state index in [1.54, 1.807) is 0 Å². The quantitative estimate of drug-likeness (QED) is 0.0529. The minimum Gasteiger partial charge on any atom is -0.488 e. The van der Waals surface area contributed by atoms with E-state index in [9.17, 15) is 9.59 Å². The lowest BCUT2D eigenvalue weighted by molar-refractivity contribution is -0.155. The van der Waals surface area contributed by atoms with Crippen LogP contribution in [0.4, 0.5) is 0 Å². The maximum atomic E-state index is 12.6. The van der Waals surface area contributed by atoms with Crippen LogP contribution in [0.15, 0.2) is 42.5 Å². The minimum atomic E-state index is -0.575. The molecule has 0 heterocycles. The Bertz CT molecular complexity index is 1380. The van der Waals surface area contributed by atoms with Gasteiger partial charge in [0.15, 0.2) is 12.2 Å². The summed E-state index contributed by atoms with van der Waals surface area (Å²) < 4.78 is 35.8. The van der Waals surface area contributed by atoms with Gasteiger partial charge in [0.1, 0.15) is 24.7 Å². The predicted octanol–water partition coefficient (Wildman–Crippen LogP) is 9.24. The summed E-state index contributed by atoms with van der Waals surface area (Å²) in [7, 11) is 0. The van der Waals surface area contributed by atoms with Gasteiger partial charge in [-0.25, -0.2) is 0 Å². The second-order valence-electron chi connectivity index (χ2n) is 11.7. The summed E-state index contributed by atoms with van der Waals surface area (Å²) >= 11 is 6.51. The highest BCUT2D eigenvalue weighted by Gasteiger charge is 2.22. The molecular weight excluding hydrogens is 620 g/mol. The molecule has 0 N–H and O–H groups in total. The van der Waals surface area contributed by atoms with Gasteiger partial charge in [-0.3, -0.25) is 9.59 Å². The SMILES string of the molecule is CCCCCCC(=O)OC(COCC)COc1c2ccccc2c(OCC(COCC)OC(=O)CCCCCC)c2cc(Cl)ccc12. The van der Waals surface area contributed by atoms with Crippen molar-refractivity contribution >= 4 is 45.1 Å². The molecule has 2 unspecified atom stereocenters. The number of hydrogen-bond acceptors (Lipinski definition) is 8. The van der Waals surface area contributed by atoms with Crippen molar-refractivity contribution in [1.82, 2.24) is 0 Å². The highest BCUT2D eigenvalue weighted by atomic mass is 35.5. The number of carbonyl (C=O) groups excluding carboxylic acids is 2. The molecule has 0 spiro atoms. The van der Waals surface area contributed by atoms with Crippen LogP contribution in [0.2, 0.25) is 5.02 Å². The number of hydrogen-bond donors (Lipinski definition) is 0. The van der Waals surface area contributed by atoms with Gasteiger partial charge in [-0.2, -0.15) is 0 Å². The molecule has 0 bridgehead atoms. The average Bonchev–Trinajstić information content (AvgIpc) is 3.07. The highest BCUT2D eigenvalue weighted by molar-refractivity contribution is 6.31. The Labute approximate surface area is 285 Å². The molecule has 260 valence electrons. The first kappa shape index (κ1) is 38.4. The zero-order valence-corrected chi connectivity index (χ0v) is 29.4. The van der Waals surface area contributed by atoms with Crippen LogP contribution >= 0.6 is 11.6 Å². The number of ether oxygens (including phenoxy) is 6. The van der Waals surface area contributed by atoms with Crippen LogP contribution in [0, 0.1) is 0 Å². The summed E-state index contributed by atoms with van der Waals surface area (Å²) in [6.07, 6.45) is 7.60. The molecule has 9 heteroatoms. The number of halogens is 1. The van der Waals surface area contributed by atoms with E-state index < -0.39 is 12.2 Å². The van der Waals surface area contributed by atoms with Crippen LogP contribution in [-0.2, 0) is 28.5 Å². The van der Waals surface area contributed by atoms with Crippen LogP contribution in [-0.4, -0.2) is 63.8 Å². The van der Waals surface area contributed by atoms with E-state index in [1.807, 2.05) is 56.3 Å². The minimum absolute atomic E-state index is 0.108. The first-order valence-electron chi connectivity index (χ1n) is 17.4. The molecule has 3 aromatic carbocycles. The maximum absolute atomic E-state index is 12.6. The molecular formula is C38H53ClO8. The van der Waals surface area contributed by atoms with E-state index in [1.165, 1.54) is 0 Å². The molecule has 0 fully saturated rings. The third kappa shape index (κ3) is 12.8. The van der Waals surface area contributed by atoms with E-state index in [0.717, 1.165) is 72.9 Å². The number of benzene rings is 3. The Morgan fingerprint density at radius 3 is 1.53 bits per heavy atom. The molecule has 0 amide bonds. The van der Waals surface area contributed by atoms with Gasteiger partial charge in [-0.1, -0.05) is 88.2 Å². The van der Waals surface area contributed by atoms with Crippen LogP contribution in [0.1, 0.15) is 91.9 Å². The molecule has 3 rings (SSSR count). The van der Waals surface area contributed by atoms with Crippen LogP contribution < -0.4 is 9.47 Å². The van der Waals surface area contributed by atoms with E-state index >= 15 is 0 Å². The summed E-state index contributed by atoms with van der Waals surface area (Å²) in [4.78, 5) is 25.3. The van der Waals surface area contributed by atoms with Gasteiger partial charge in [0.2, 0.25) is 0 Å². The van der Waals surface area contributed by atoms with Gasteiger partial charge in [-0.05, 0) is 44.9 Å². The predicted molar refractivity (Wildman–Crippen MR) is 188 cm³/mol. The summed E-state index contributed by atoms with van der Waals surface area (Å²) in [5, 5.41) is 3.72. The molecule has 3 aromatic rings. The molecule has 0 aliphatic heterocycles. The van der Waals surface area contributed by atoms with Gasteiger partial charge in [0, 0.05) is 52.6 Å². The Kier molecular flexibility index (Phi) is 17.7. The van der Waals surface area contributed by atoms with Crippen LogP contribution in [0.5, 0.6) is 11.5 Å². The average molecular weight is 673 g/mol. The van der Waals surface area contributed by atoms with E-state index in [-0.39, 0.29) is 38.4 Å². The number of esters is 2. The van der Waals surface area contributed by atoms with Crippen molar-refractivity contribution in [1.29, 1.82) is 0 Å². The first-order chi connectivity index (χ1) is 22.9. The Hall–Kier alpha value is -3.07. The molecule has 0 aromatic heterocycles. The normalized spacial score (nSPS) is 12.6. The van der Waals surface area contributed by atoms with E-state index in [4.69, 9.17) is 40.0 Å². The topological polar surface area (TPSA) is 89.5 Å². The van der Waals surface area contributed by atoms with Gasteiger partial charge in [0.05, 0.1) is 13.2 Å². The van der Waals surface area contributed by atoms with Gasteiger partial charge in [0.25, 0.3) is 0 Å². The zero-order valence-electron chi connectivity index (χ0n) is 28.7. The third-order valence-corrected chi connectivity index (χ3v) is 8.03. The van der Waals surface area contributed by atoms with Crippen molar-refractivity contribution in [2.45, 2.75) is 104 Å². The second kappa shape index (κ2) is 21.7. The highest BCUT2D eigenvalue weighted by Crippen LogP contribution is 2.43. The fraction of sp³-hybridized carbons (Fsp3) is 0.579. The second-order valence-corrected chi connectivity index (χ2v) is 12.1. The van der Waals surface area contributed by atoms with Gasteiger partial charge >= 0.3 is 11.9 Å². The van der Waals surface area contributed by atoms with Gasteiger partial charge in [-0.15, -0.1) is 0 Å². The lowest BCUT2D eigenvalue weighted by Crippen LogP contribution is -2.30. The Balaban J connectivity index is 1.86. The molecule has 0 saturated heterocycles. The van der Waals surface area contributed by atoms with Crippen molar-refractivity contribution in [3.8, 4) is 11.5 Å². The largest absolute Gasteiger partial charge is 0.488 e. The molecule has 47 heavy (non-hydrogen) atoms. The van der Waals surface area contributed by atoms with Crippen molar-refractivity contribution < 1.29 is 38.0 Å². The van der Waals surface area contributed by atoms with Crippen molar-refractivity contribution in [3.63, 3.8) is 0 Å². The van der Waals surface area contributed by atoms with Crippen molar-refractivity contribution in [3.05, 3.63) is 47.5 Å². The lowest BCUT2D eigenvalue weighted by Gasteiger charge is -2.23. The first-order valence-corrected chi connectivity index (χ1v) is 17.7. The molecule has 0 aliphatic rings. The Morgan fingerprint density at radius 2 is 1.06 bits per heavy atom. The fourth-order valence-corrected chi connectivity index (χ4v) is 5.52. The lowest BCUT2D eigenvalue weighted by atomic mass is 10.0. The zero-order chi connectivity index (χ0) is 33.9. The number of rotatable bonds is 24. The number of unbranched alkanes of at least 4 members (excludes halogenated alkanes) is 6. The number of fused-ring (bicyclic) bond motifs is 2. The van der Waals surface area contributed by atoms with Crippen LogP contribution in [0.3, 0.4) is 0 Å². The summed E-state index contributed by atoms with van der Waals surface area (Å²) in [6.45, 7) is 9.77. The summed E-state index contributed by atoms with van der Waals surface area (Å²) in [6, 6.07) is 13.4.